The van der Waals surface area contributed by atoms with E-state index in [1.807, 2.05) is 24.5 Å². The predicted octanol–water partition coefficient (Wildman–Crippen LogP) is 4.43. The monoisotopic (exact) mass is 376 g/mol. The molecular formula is C19H21ClN2O2S. The van der Waals surface area contributed by atoms with Crippen LogP contribution in [-0.4, -0.2) is 18.1 Å². The maximum Gasteiger partial charge on any atom is 0.271 e. The Bertz CT molecular complexity index is 783. The molecule has 0 aliphatic rings. The van der Waals surface area contributed by atoms with E-state index in [1.165, 1.54) is 11.8 Å². The average molecular weight is 377 g/mol. The minimum Gasteiger partial charge on any atom is -0.267 e. The van der Waals surface area contributed by atoms with E-state index in [0.29, 0.717) is 16.1 Å². The van der Waals surface area contributed by atoms with E-state index in [2.05, 4.69) is 31.6 Å². The van der Waals surface area contributed by atoms with Gasteiger partial charge in [-0.25, -0.2) is 0 Å². The molecule has 25 heavy (non-hydrogen) atoms. The Kier molecular flexibility index (Phi) is 6.14. The van der Waals surface area contributed by atoms with Crippen LogP contribution in [0.25, 0.3) is 0 Å². The number of carbonyl (C=O) groups is 2. The zero-order chi connectivity index (χ0) is 18.6. The van der Waals surface area contributed by atoms with E-state index in [9.17, 15) is 9.59 Å². The summed E-state index contributed by atoms with van der Waals surface area (Å²) in [6.45, 7) is 6.32. The van der Waals surface area contributed by atoms with Crippen molar-refractivity contribution in [3.63, 3.8) is 0 Å². The molecule has 2 N–H and O–H groups in total. The summed E-state index contributed by atoms with van der Waals surface area (Å²) in [6, 6.07) is 12.5. The van der Waals surface area contributed by atoms with Crippen LogP contribution < -0.4 is 10.9 Å². The molecule has 132 valence electrons. The lowest BCUT2D eigenvalue weighted by molar-refractivity contribution is 0.0846. The van der Waals surface area contributed by atoms with E-state index in [4.69, 9.17) is 11.6 Å². The van der Waals surface area contributed by atoms with Gasteiger partial charge in [-0.15, -0.1) is 11.8 Å². The van der Waals surface area contributed by atoms with Crippen molar-refractivity contribution in [2.45, 2.75) is 31.1 Å². The van der Waals surface area contributed by atoms with Crippen molar-refractivity contribution in [1.82, 2.24) is 10.9 Å². The first-order valence-electron chi connectivity index (χ1n) is 7.77. The molecule has 2 aromatic rings. The van der Waals surface area contributed by atoms with Crippen molar-refractivity contribution >= 4 is 35.2 Å². The van der Waals surface area contributed by atoms with Gasteiger partial charge < -0.3 is 0 Å². The molecule has 0 saturated heterocycles. The van der Waals surface area contributed by atoms with Crippen molar-refractivity contribution < 1.29 is 9.59 Å². The molecular weight excluding hydrogens is 356 g/mol. The van der Waals surface area contributed by atoms with Gasteiger partial charge in [0.15, 0.2) is 0 Å². The number of halogens is 1. The third-order valence-electron chi connectivity index (χ3n) is 3.72. The molecule has 0 heterocycles. The van der Waals surface area contributed by atoms with Crippen LogP contribution in [0.15, 0.2) is 47.4 Å². The molecule has 0 aliphatic carbocycles. The number of thioether (sulfide) groups is 1. The fourth-order valence-electron chi connectivity index (χ4n) is 2.18. The highest BCUT2D eigenvalue weighted by molar-refractivity contribution is 7.98. The van der Waals surface area contributed by atoms with Crippen molar-refractivity contribution in [3.8, 4) is 0 Å². The molecule has 2 rings (SSSR count). The molecule has 0 saturated carbocycles. The second-order valence-electron chi connectivity index (χ2n) is 6.58. The second kappa shape index (κ2) is 7.93. The summed E-state index contributed by atoms with van der Waals surface area (Å²) in [6.07, 6.45) is 1.91. The van der Waals surface area contributed by atoms with Gasteiger partial charge in [-0.2, -0.15) is 0 Å². The van der Waals surface area contributed by atoms with Gasteiger partial charge in [0.1, 0.15) is 0 Å². The summed E-state index contributed by atoms with van der Waals surface area (Å²) in [5, 5.41) is 0.332. The van der Waals surface area contributed by atoms with Crippen LogP contribution >= 0.6 is 23.4 Å². The topological polar surface area (TPSA) is 58.2 Å². The Morgan fingerprint density at radius 3 is 2.12 bits per heavy atom. The highest BCUT2D eigenvalue weighted by atomic mass is 35.5. The van der Waals surface area contributed by atoms with E-state index in [0.717, 1.165) is 10.5 Å². The number of hydrogen-bond donors (Lipinski definition) is 2. The number of nitrogens with one attached hydrogen (secondary N) is 2. The van der Waals surface area contributed by atoms with Crippen molar-refractivity contribution in [3.05, 3.63) is 64.2 Å². The summed E-state index contributed by atoms with van der Waals surface area (Å²) >= 11 is 7.57. The summed E-state index contributed by atoms with van der Waals surface area (Å²) in [4.78, 5) is 25.3. The molecule has 0 unspecified atom stereocenters. The summed E-state index contributed by atoms with van der Waals surface area (Å²) in [5.41, 5.74) is 6.75. The Balaban J connectivity index is 2.03. The number of amides is 2. The number of hydrazine groups is 1. The van der Waals surface area contributed by atoms with Crippen LogP contribution in [0, 0.1) is 0 Å². The SMILES string of the molecule is CSc1ccc(Cl)c(C(=O)NNC(=O)c2ccc(C(C)(C)C)cc2)c1. The molecule has 0 bridgehead atoms. The van der Waals surface area contributed by atoms with Gasteiger partial charge in [0, 0.05) is 10.5 Å². The molecule has 0 spiro atoms. The van der Waals surface area contributed by atoms with Crippen LogP contribution in [0.1, 0.15) is 47.1 Å². The Labute approximate surface area is 157 Å². The molecule has 2 amide bonds. The zero-order valence-electron chi connectivity index (χ0n) is 14.6. The van der Waals surface area contributed by atoms with Gasteiger partial charge in [0.25, 0.3) is 11.8 Å². The quantitative estimate of drug-likeness (QED) is 0.615. The van der Waals surface area contributed by atoms with Crippen molar-refractivity contribution in [1.29, 1.82) is 0 Å². The van der Waals surface area contributed by atoms with Crippen LogP contribution in [0.2, 0.25) is 5.02 Å². The first-order valence-corrected chi connectivity index (χ1v) is 9.37. The number of benzene rings is 2. The summed E-state index contributed by atoms with van der Waals surface area (Å²) < 4.78 is 0. The Hall–Kier alpha value is -1.98. The van der Waals surface area contributed by atoms with Crippen LogP contribution in [0.4, 0.5) is 0 Å². The summed E-state index contributed by atoms with van der Waals surface area (Å²) in [5.74, 6) is -0.841. The molecule has 0 radical (unpaired) electrons. The van der Waals surface area contributed by atoms with Crippen LogP contribution in [0.3, 0.4) is 0 Å². The van der Waals surface area contributed by atoms with Crippen molar-refractivity contribution in [2.24, 2.45) is 0 Å². The molecule has 2 aromatic carbocycles. The first kappa shape index (κ1) is 19.3. The van der Waals surface area contributed by atoms with E-state index in [1.54, 1.807) is 24.3 Å². The molecule has 0 fully saturated rings. The third kappa shape index (κ3) is 5.00. The predicted molar refractivity (Wildman–Crippen MR) is 103 cm³/mol. The van der Waals surface area contributed by atoms with Crippen LogP contribution in [-0.2, 0) is 5.41 Å². The third-order valence-corrected chi connectivity index (χ3v) is 4.78. The lowest BCUT2D eigenvalue weighted by atomic mass is 9.87. The average Bonchev–Trinajstić information content (AvgIpc) is 2.59. The maximum atomic E-state index is 12.2. The summed E-state index contributed by atoms with van der Waals surface area (Å²) in [7, 11) is 0. The van der Waals surface area contributed by atoms with Gasteiger partial charge >= 0.3 is 0 Å². The first-order chi connectivity index (χ1) is 11.7. The largest absolute Gasteiger partial charge is 0.271 e. The van der Waals surface area contributed by atoms with Crippen molar-refractivity contribution in [2.75, 3.05) is 6.26 Å². The normalized spacial score (nSPS) is 11.1. The number of rotatable bonds is 3. The Morgan fingerprint density at radius 2 is 1.56 bits per heavy atom. The minimum absolute atomic E-state index is 0.0161. The zero-order valence-corrected chi connectivity index (χ0v) is 16.2. The lowest BCUT2D eigenvalue weighted by Crippen LogP contribution is -2.41. The van der Waals surface area contributed by atoms with Gasteiger partial charge in [-0.3, -0.25) is 20.4 Å². The standard InChI is InChI=1S/C19H21ClN2O2S/c1-19(2,3)13-7-5-12(6-8-13)17(23)21-22-18(24)15-11-14(25-4)9-10-16(15)20/h5-11H,1-4H3,(H,21,23)(H,22,24). The van der Waals surface area contributed by atoms with Gasteiger partial charge in [-0.05, 0) is 47.6 Å². The number of carbonyl (C=O) groups excluding carboxylic acids is 2. The Morgan fingerprint density at radius 1 is 0.960 bits per heavy atom. The molecule has 4 nitrogen and oxygen atoms in total. The molecule has 0 aromatic heterocycles. The smallest absolute Gasteiger partial charge is 0.267 e. The van der Waals surface area contributed by atoms with E-state index < -0.39 is 5.91 Å². The molecule has 0 atom stereocenters. The maximum absolute atomic E-state index is 12.2. The number of hydrogen-bond acceptors (Lipinski definition) is 3. The fraction of sp³-hybridized carbons (Fsp3) is 0.263. The highest BCUT2D eigenvalue weighted by Gasteiger charge is 2.15. The van der Waals surface area contributed by atoms with Crippen LogP contribution in [0.5, 0.6) is 0 Å². The second-order valence-corrected chi connectivity index (χ2v) is 7.87. The van der Waals surface area contributed by atoms with Gasteiger partial charge in [-0.1, -0.05) is 44.5 Å². The van der Waals surface area contributed by atoms with E-state index in [-0.39, 0.29) is 11.3 Å². The van der Waals surface area contributed by atoms with Gasteiger partial charge in [0.05, 0.1) is 10.6 Å². The van der Waals surface area contributed by atoms with E-state index >= 15 is 0 Å². The molecule has 0 aliphatic heterocycles. The minimum atomic E-state index is -0.458. The molecule has 6 heteroatoms. The van der Waals surface area contributed by atoms with Gasteiger partial charge in [0.2, 0.25) is 0 Å². The lowest BCUT2D eigenvalue weighted by Gasteiger charge is -2.19. The highest BCUT2D eigenvalue weighted by Crippen LogP contribution is 2.23. The fourth-order valence-corrected chi connectivity index (χ4v) is 2.82.